The minimum atomic E-state index is 0.269. The number of ketones is 6. The fourth-order valence-corrected chi connectivity index (χ4v) is 4.65. The molecule has 0 bridgehead atoms. The summed E-state index contributed by atoms with van der Waals surface area (Å²) in [6.45, 7) is 32.3. The molecule has 0 amide bonds. The van der Waals surface area contributed by atoms with Gasteiger partial charge in [0.1, 0.15) is 34.7 Å². The van der Waals surface area contributed by atoms with Gasteiger partial charge < -0.3 is 9.59 Å². The zero-order chi connectivity index (χ0) is 55.4. The molecular weight excluding hydrogens is 889 g/mol. The molecule has 0 aliphatic heterocycles. The molecule has 0 saturated heterocycles. The molecule has 0 heterocycles. The first-order valence-corrected chi connectivity index (χ1v) is 25.5. The van der Waals surface area contributed by atoms with E-state index in [1.54, 1.807) is 50.3 Å². The van der Waals surface area contributed by atoms with Gasteiger partial charge in [0, 0.05) is 64.2 Å². The Labute approximate surface area is 440 Å². The lowest BCUT2D eigenvalue weighted by molar-refractivity contribution is -0.119. The van der Waals surface area contributed by atoms with Gasteiger partial charge in [-0.3, -0.25) is 19.2 Å². The number of hydrogen-bond donors (Lipinski definition) is 0. The van der Waals surface area contributed by atoms with Crippen LogP contribution in [0.2, 0.25) is 0 Å². The number of carbonyl (C=O) groups excluding carboxylic acids is 6. The van der Waals surface area contributed by atoms with Crippen molar-refractivity contribution in [3.05, 3.63) is 222 Å². The van der Waals surface area contributed by atoms with Crippen molar-refractivity contribution in [2.45, 2.75) is 157 Å². The van der Waals surface area contributed by atoms with Gasteiger partial charge in [0.2, 0.25) is 0 Å². The van der Waals surface area contributed by atoms with Gasteiger partial charge in [-0.15, -0.1) is 0 Å². The summed E-state index contributed by atoms with van der Waals surface area (Å²) >= 11 is 0. The number of unbranched alkanes of at least 4 members (excludes halogenated alkanes) is 2. The fraction of sp³-hybridized carbons (Fsp3) is 0.364. The quantitative estimate of drug-likeness (QED) is 0.0458. The first-order chi connectivity index (χ1) is 34.8. The minimum absolute atomic E-state index is 0.269. The molecule has 72 heavy (non-hydrogen) atoms. The summed E-state index contributed by atoms with van der Waals surface area (Å²) in [6.07, 6.45) is 70.2. The predicted octanol–water partition coefficient (Wildman–Crippen LogP) is 18.3. The Morgan fingerprint density at radius 2 is 0.542 bits per heavy atom. The van der Waals surface area contributed by atoms with Gasteiger partial charge in [0.15, 0.2) is 0 Å². The third-order valence-corrected chi connectivity index (χ3v) is 8.48. The first kappa shape index (κ1) is 76.8. The fourth-order valence-electron chi connectivity index (χ4n) is 4.65. The molecule has 0 aromatic rings. The molecule has 396 valence electrons. The molecule has 0 rings (SSSR count). The van der Waals surface area contributed by atoms with Crippen LogP contribution in [0, 0.1) is 0 Å². The van der Waals surface area contributed by atoms with Gasteiger partial charge in [0.05, 0.1) is 0 Å². The van der Waals surface area contributed by atoms with Crippen molar-refractivity contribution in [1.82, 2.24) is 0 Å². The highest BCUT2D eigenvalue weighted by Crippen LogP contribution is 2.00. The lowest BCUT2D eigenvalue weighted by Gasteiger charge is -1.90. The van der Waals surface area contributed by atoms with Gasteiger partial charge in [-0.2, -0.15) is 0 Å². The van der Waals surface area contributed by atoms with Crippen molar-refractivity contribution < 1.29 is 28.8 Å². The van der Waals surface area contributed by atoms with Crippen LogP contribution in [0.15, 0.2) is 222 Å². The van der Waals surface area contributed by atoms with Gasteiger partial charge >= 0.3 is 0 Å². The van der Waals surface area contributed by atoms with Gasteiger partial charge in [-0.25, -0.2) is 0 Å². The molecule has 0 aromatic heterocycles. The predicted molar refractivity (Wildman–Crippen MR) is 318 cm³/mol. The molecule has 0 radical (unpaired) electrons. The summed E-state index contributed by atoms with van der Waals surface area (Å²) in [7, 11) is 0. The molecular formula is C66H96O6. The Kier molecular flexibility index (Phi) is 78.2. The van der Waals surface area contributed by atoms with Crippen LogP contribution in [0.3, 0.4) is 0 Å². The normalized spacial score (nSPS) is 11.1. The molecule has 0 saturated carbocycles. The Balaban J connectivity index is -0.000000181. The standard InChI is InChI=1S/6C11H16O/c2*1-3-4-5-6-7-8-9-10-11(2)12;2*1-3-5-6-7-8-9-10-11(12)4-2;2*1-3-5-6-7-8-10-11(12)9-4-2/h2*3-7H,1,8-10H2,2H3;4*3,5-8H,1,4,9-10H2,2H3/b5-4+,7-6+;5-4+,7-6-;6-5+,8-7+;6-5+,8-7-;6-5+,8-7+;6-5+,8-7-. The minimum Gasteiger partial charge on any atom is -0.300 e. The van der Waals surface area contributed by atoms with Crippen LogP contribution in [0.4, 0.5) is 0 Å². The maximum absolute atomic E-state index is 11.0. The van der Waals surface area contributed by atoms with E-state index < -0.39 is 0 Å². The highest BCUT2D eigenvalue weighted by Gasteiger charge is 1.96. The van der Waals surface area contributed by atoms with Crippen molar-refractivity contribution in [1.29, 1.82) is 0 Å². The van der Waals surface area contributed by atoms with Crippen LogP contribution < -0.4 is 0 Å². The molecule has 0 fully saturated rings. The number of rotatable bonds is 36. The highest BCUT2D eigenvalue weighted by atomic mass is 16.1. The maximum atomic E-state index is 11.0. The lowest BCUT2D eigenvalue weighted by Crippen LogP contribution is -1.92. The maximum Gasteiger partial charge on any atom is 0.136 e. The van der Waals surface area contributed by atoms with Crippen molar-refractivity contribution in [3.63, 3.8) is 0 Å². The summed E-state index contributed by atoms with van der Waals surface area (Å²) in [5, 5.41) is 0. The lowest BCUT2D eigenvalue weighted by atomic mass is 10.2. The third-order valence-electron chi connectivity index (χ3n) is 8.48. The highest BCUT2D eigenvalue weighted by molar-refractivity contribution is 5.80. The van der Waals surface area contributed by atoms with E-state index in [1.807, 2.05) is 161 Å². The third kappa shape index (κ3) is 93.4. The van der Waals surface area contributed by atoms with Crippen LogP contribution in [-0.2, 0) is 28.8 Å². The molecule has 0 atom stereocenters. The van der Waals surface area contributed by atoms with Crippen molar-refractivity contribution >= 4 is 34.7 Å². The van der Waals surface area contributed by atoms with Crippen molar-refractivity contribution in [3.8, 4) is 0 Å². The number of allylic oxidation sites excluding steroid dienone is 30. The summed E-state index contributed by atoms with van der Waals surface area (Å²) in [6, 6.07) is 0. The van der Waals surface area contributed by atoms with Crippen LogP contribution in [0.1, 0.15) is 157 Å². The molecule has 0 aromatic carbocycles. The second-order valence-electron chi connectivity index (χ2n) is 15.3. The zero-order valence-electron chi connectivity index (χ0n) is 45.7. The second kappa shape index (κ2) is 73.3. The van der Waals surface area contributed by atoms with Crippen LogP contribution in [0.5, 0.6) is 0 Å². The number of Topliss-reactive ketones (excluding diaryl/α,β-unsaturated/α-hetero) is 6. The SMILES string of the molecule is C=C/C=C/C=C/CC(=O)CCC.C=C/C=C/C=C/CCC(=O)CC.C=C/C=C/C=C/CCCC(C)=O.C=C/C=C/C=C\CC(=O)CCC.C=C/C=C/C=C\CCC(=O)CC.C=C/C=C/C=C\CCCC(C)=O. The monoisotopic (exact) mass is 985 g/mol. The van der Waals surface area contributed by atoms with E-state index in [0.29, 0.717) is 87.3 Å². The number of hydrogen-bond acceptors (Lipinski definition) is 6. The average molecular weight is 985 g/mol. The largest absolute Gasteiger partial charge is 0.300 e. The Hall–Kier alpha value is -6.66. The van der Waals surface area contributed by atoms with Crippen molar-refractivity contribution in [2.24, 2.45) is 0 Å². The summed E-state index contributed by atoms with van der Waals surface area (Å²) in [4.78, 5) is 64.7. The van der Waals surface area contributed by atoms with E-state index in [4.69, 9.17) is 0 Å². The van der Waals surface area contributed by atoms with Gasteiger partial charge in [-0.1, -0.05) is 249 Å². The Morgan fingerprint density at radius 3 is 0.764 bits per heavy atom. The van der Waals surface area contributed by atoms with E-state index in [2.05, 4.69) is 51.6 Å². The molecule has 0 N–H and O–H groups in total. The first-order valence-electron chi connectivity index (χ1n) is 25.5. The summed E-state index contributed by atoms with van der Waals surface area (Å²) in [5.74, 6) is 1.80. The molecule has 0 aliphatic rings. The second-order valence-corrected chi connectivity index (χ2v) is 15.3. The molecule has 6 nitrogen and oxygen atoms in total. The van der Waals surface area contributed by atoms with E-state index in [1.165, 1.54) is 0 Å². The van der Waals surface area contributed by atoms with E-state index >= 15 is 0 Å². The number of carbonyl (C=O) groups is 6. The van der Waals surface area contributed by atoms with Gasteiger partial charge in [-0.05, 0) is 65.2 Å². The Bertz CT molecular complexity index is 1670. The topological polar surface area (TPSA) is 102 Å². The zero-order valence-corrected chi connectivity index (χ0v) is 45.7. The van der Waals surface area contributed by atoms with E-state index in [-0.39, 0.29) is 11.6 Å². The smallest absolute Gasteiger partial charge is 0.136 e. The van der Waals surface area contributed by atoms with Crippen LogP contribution >= 0.6 is 0 Å². The van der Waals surface area contributed by atoms with Crippen molar-refractivity contribution in [2.75, 3.05) is 0 Å². The van der Waals surface area contributed by atoms with Crippen LogP contribution in [-0.4, -0.2) is 34.7 Å². The van der Waals surface area contributed by atoms with E-state index in [0.717, 1.165) is 51.4 Å². The summed E-state index contributed by atoms with van der Waals surface area (Å²) < 4.78 is 0. The summed E-state index contributed by atoms with van der Waals surface area (Å²) in [5.41, 5.74) is 0. The Morgan fingerprint density at radius 1 is 0.292 bits per heavy atom. The molecule has 0 aliphatic carbocycles. The van der Waals surface area contributed by atoms with Crippen LogP contribution in [0.25, 0.3) is 0 Å². The molecule has 0 unspecified atom stereocenters. The molecule has 6 heteroatoms. The van der Waals surface area contributed by atoms with E-state index in [9.17, 15) is 28.8 Å². The molecule has 0 spiro atoms. The van der Waals surface area contributed by atoms with Gasteiger partial charge in [0.25, 0.3) is 0 Å². The average Bonchev–Trinajstić information content (AvgIpc) is 3.36.